The highest BCUT2D eigenvalue weighted by Crippen LogP contribution is 2.25. The van der Waals surface area contributed by atoms with Crippen molar-refractivity contribution in [2.24, 2.45) is 0 Å². The molecule has 0 bridgehead atoms. The lowest BCUT2D eigenvalue weighted by Gasteiger charge is -2.07. The predicted octanol–water partition coefficient (Wildman–Crippen LogP) is 3.51. The summed E-state index contributed by atoms with van der Waals surface area (Å²) in [6, 6.07) is 7.99. The first kappa shape index (κ1) is 14.0. The zero-order valence-corrected chi connectivity index (χ0v) is 11.3. The van der Waals surface area contributed by atoms with E-state index in [0.717, 1.165) is 12.1 Å². The predicted molar refractivity (Wildman–Crippen MR) is 72.3 cm³/mol. The number of rotatable bonds is 3. The Morgan fingerprint density at radius 2 is 1.79 bits per heavy atom. The molecule has 2 N–H and O–H groups in total. The van der Waals surface area contributed by atoms with Gasteiger partial charge < -0.3 is 5.73 Å². The fourth-order valence-corrected chi connectivity index (χ4v) is 3.22. The second kappa shape index (κ2) is 5.67. The largest absolute Gasteiger partial charge is 0.399 e. The number of anilines is 1. The molecule has 0 amide bonds. The molecule has 0 aliphatic carbocycles. The van der Waals surface area contributed by atoms with Gasteiger partial charge in [0.05, 0.1) is 26.5 Å². The van der Waals surface area contributed by atoms with Gasteiger partial charge in [0.2, 0.25) is 0 Å². The molecule has 0 spiro atoms. The molecule has 0 fully saturated rings. The lowest BCUT2D eigenvalue weighted by atomic mass is 10.2. The van der Waals surface area contributed by atoms with Gasteiger partial charge in [-0.3, -0.25) is 4.21 Å². The van der Waals surface area contributed by atoms with E-state index >= 15 is 0 Å². The first-order chi connectivity index (χ1) is 8.99. The highest BCUT2D eigenvalue weighted by molar-refractivity contribution is 7.84. The zero-order chi connectivity index (χ0) is 14.0. The van der Waals surface area contributed by atoms with Crippen molar-refractivity contribution in [3.63, 3.8) is 0 Å². The number of hydrogen-bond acceptors (Lipinski definition) is 2. The molecule has 2 rings (SSSR count). The van der Waals surface area contributed by atoms with E-state index in [9.17, 15) is 13.0 Å². The van der Waals surface area contributed by atoms with Crippen LogP contribution in [0.3, 0.4) is 0 Å². The van der Waals surface area contributed by atoms with Crippen LogP contribution >= 0.6 is 11.6 Å². The molecule has 0 saturated heterocycles. The number of nitrogen functional groups attached to an aromatic ring is 1. The Hall–Kier alpha value is -1.46. The molecule has 1 unspecified atom stereocenters. The molecular formula is C13H10ClF2NOS. The Morgan fingerprint density at radius 1 is 1.16 bits per heavy atom. The summed E-state index contributed by atoms with van der Waals surface area (Å²) in [7, 11) is -1.64. The molecule has 100 valence electrons. The molecule has 0 heterocycles. The molecule has 0 aliphatic rings. The zero-order valence-electron chi connectivity index (χ0n) is 9.70. The Kier molecular flexibility index (Phi) is 4.17. The average Bonchev–Trinajstić information content (AvgIpc) is 2.33. The molecule has 2 aromatic rings. The summed E-state index contributed by atoms with van der Waals surface area (Å²) in [6.45, 7) is 0. The lowest BCUT2D eigenvalue weighted by Crippen LogP contribution is -2.03. The van der Waals surface area contributed by atoms with Gasteiger partial charge in [0.1, 0.15) is 11.6 Å². The monoisotopic (exact) mass is 301 g/mol. The number of halogens is 3. The van der Waals surface area contributed by atoms with Gasteiger partial charge in [0.15, 0.2) is 0 Å². The first-order valence-corrected chi connectivity index (χ1v) is 7.05. The summed E-state index contributed by atoms with van der Waals surface area (Å²) in [5, 5.41) is 0.218. The molecule has 2 aromatic carbocycles. The molecule has 6 heteroatoms. The normalized spacial score (nSPS) is 12.4. The summed E-state index contributed by atoms with van der Waals surface area (Å²) in [5.74, 6) is -1.72. The third-order valence-electron chi connectivity index (χ3n) is 2.54. The molecule has 0 radical (unpaired) electrons. The van der Waals surface area contributed by atoms with Crippen LogP contribution in [0, 0.1) is 11.6 Å². The van der Waals surface area contributed by atoms with Crippen molar-refractivity contribution < 1.29 is 13.0 Å². The highest BCUT2D eigenvalue weighted by Gasteiger charge is 2.15. The lowest BCUT2D eigenvalue weighted by molar-refractivity contribution is 0.564. The molecule has 1 atom stereocenters. The van der Waals surface area contributed by atoms with Crippen molar-refractivity contribution >= 4 is 28.1 Å². The minimum absolute atomic E-state index is 0.214. The van der Waals surface area contributed by atoms with Gasteiger partial charge in [-0.05, 0) is 30.3 Å². The minimum Gasteiger partial charge on any atom is -0.399 e. The molecule has 0 saturated carbocycles. The molecule has 0 aromatic heterocycles. The Balaban J connectivity index is 2.31. The van der Waals surface area contributed by atoms with Crippen molar-refractivity contribution in [1.82, 2.24) is 0 Å². The van der Waals surface area contributed by atoms with Crippen LogP contribution in [0.15, 0.2) is 41.3 Å². The Bertz CT molecular complexity index is 628. The third kappa shape index (κ3) is 3.11. The van der Waals surface area contributed by atoms with E-state index < -0.39 is 22.4 Å². The van der Waals surface area contributed by atoms with Crippen molar-refractivity contribution in [2.75, 3.05) is 5.73 Å². The van der Waals surface area contributed by atoms with E-state index in [2.05, 4.69) is 0 Å². The van der Waals surface area contributed by atoms with Crippen molar-refractivity contribution in [3.8, 4) is 0 Å². The van der Waals surface area contributed by atoms with Gasteiger partial charge in [-0.15, -0.1) is 0 Å². The van der Waals surface area contributed by atoms with Crippen molar-refractivity contribution in [1.29, 1.82) is 0 Å². The van der Waals surface area contributed by atoms with Gasteiger partial charge in [-0.2, -0.15) is 0 Å². The van der Waals surface area contributed by atoms with Crippen LogP contribution in [0.2, 0.25) is 5.02 Å². The van der Waals surface area contributed by atoms with Crippen LogP contribution in [0.4, 0.5) is 14.5 Å². The van der Waals surface area contributed by atoms with Crippen LogP contribution in [0.25, 0.3) is 0 Å². The second-order valence-electron chi connectivity index (χ2n) is 3.88. The van der Waals surface area contributed by atoms with Gasteiger partial charge in [0, 0.05) is 11.3 Å². The summed E-state index contributed by atoms with van der Waals surface area (Å²) >= 11 is 5.91. The average molecular weight is 302 g/mol. The second-order valence-corrected chi connectivity index (χ2v) is 5.71. The molecule has 19 heavy (non-hydrogen) atoms. The Morgan fingerprint density at radius 3 is 2.37 bits per heavy atom. The van der Waals surface area contributed by atoms with Crippen molar-refractivity contribution in [2.45, 2.75) is 10.6 Å². The smallest absolute Gasteiger partial charge is 0.130 e. The van der Waals surface area contributed by atoms with Crippen LogP contribution in [-0.2, 0) is 16.6 Å². The van der Waals surface area contributed by atoms with Crippen LogP contribution < -0.4 is 5.73 Å². The van der Waals surface area contributed by atoms with Crippen molar-refractivity contribution in [3.05, 3.63) is 58.6 Å². The molecule has 0 aliphatic heterocycles. The first-order valence-electron chi connectivity index (χ1n) is 5.35. The standard InChI is InChI=1S/C13H10ClF2NOS/c14-10-6-8(17)4-5-13(10)19(18)7-9-11(15)2-1-3-12(9)16/h1-6H,7,17H2. The van der Waals surface area contributed by atoms with E-state index in [1.165, 1.54) is 24.3 Å². The summed E-state index contributed by atoms with van der Waals surface area (Å²) in [6.07, 6.45) is 0. The van der Waals surface area contributed by atoms with Gasteiger partial charge in [-0.1, -0.05) is 17.7 Å². The molecule has 2 nitrogen and oxygen atoms in total. The fraction of sp³-hybridized carbons (Fsp3) is 0.0769. The van der Waals surface area contributed by atoms with Gasteiger partial charge in [0.25, 0.3) is 0 Å². The number of benzene rings is 2. The SMILES string of the molecule is Nc1ccc(S(=O)Cc2c(F)cccc2F)c(Cl)c1. The maximum absolute atomic E-state index is 13.5. The maximum Gasteiger partial charge on any atom is 0.130 e. The summed E-state index contributed by atoms with van der Waals surface area (Å²) < 4.78 is 39.0. The van der Waals surface area contributed by atoms with E-state index in [4.69, 9.17) is 17.3 Å². The van der Waals surface area contributed by atoms with Crippen LogP contribution in [0.5, 0.6) is 0 Å². The fourth-order valence-electron chi connectivity index (χ4n) is 1.58. The topological polar surface area (TPSA) is 43.1 Å². The number of hydrogen-bond donors (Lipinski definition) is 1. The van der Waals surface area contributed by atoms with Gasteiger partial charge in [-0.25, -0.2) is 8.78 Å². The third-order valence-corrected chi connectivity index (χ3v) is 4.36. The summed E-state index contributed by atoms with van der Waals surface area (Å²) in [5.41, 5.74) is 5.74. The minimum atomic E-state index is -1.64. The van der Waals surface area contributed by atoms with Gasteiger partial charge >= 0.3 is 0 Å². The highest BCUT2D eigenvalue weighted by atomic mass is 35.5. The maximum atomic E-state index is 13.5. The van der Waals surface area contributed by atoms with E-state index in [-0.39, 0.29) is 16.3 Å². The van der Waals surface area contributed by atoms with E-state index in [0.29, 0.717) is 10.6 Å². The van der Waals surface area contributed by atoms with E-state index in [1.54, 1.807) is 0 Å². The Labute approximate surface area is 116 Å². The van der Waals surface area contributed by atoms with Crippen LogP contribution in [-0.4, -0.2) is 4.21 Å². The number of nitrogens with two attached hydrogens (primary N) is 1. The molecular weight excluding hydrogens is 292 g/mol. The summed E-state index contributed by atoms with van der Waals surface area (Å²) in [4.78, 5) is 0.304. The van der Waals surface area contributed by atoms with E-state index in [1.807, 2.05) is 0 Å². The quantitative estimate of drug-likeness (QED) is 0.882. The van der Waals surface area contributed by atoms with Crippen LogP contribution in [0.1, 0.15) is 5.56 Å².